The molecule has 2 aromatic rings. The molecule has 1 N–H and O–H groups in total. The van der Waals surface area contributed by atoms with Crippen LogP contribution >= 0.6 is 0 Å². The molecule has 1 aromatic heterocycles. The van der Waals surface area contributed by atoms with Crippen LogP contribution in [0.1, 0.15) is 35.3 Å². The van der Waals surface area contributed by atoms with Crippen LogP contribution in [0.25, 0.3) is 0 Å². The van der Waals surface area contributed by atoms with Crippen molar-refractivity contribution in [3.63, 3.8) is 0 Å². The van der Waals surface area contributed by atoms with Crippen LogP contribution < -0.4 is 0 Å². The number of aromatic nitrogens is 2. The van der Waals surface area contributed by atoms with E-state index in [1.807, 2.05) is 6.92 Å². The number of aliphatic hydroxyl groups is 1. The van der Waals surface area contributed by atoms with Gasteiger partial charge in [0.1, 0.15) is 6.10 Å². The van der Waals surface area contributed by atoms with Crippen LogP contribution in [-0.4, -0.2) is 14.9 Å². The second kappa shape index (κ2) is 5.28. The fourth-order valence-electron chi connectivity index (χ4n) is 2.03. The van der Waals surface area contributed by atoms with Gasteiger partial charge in [-0.3, -0.25) is 4.68 Å². The predicted octanol–water partition coefficient (Wildman–Crippen LogP) is 3.31. The van der Waals surface area contributed by atoms with E-state index in [2.05, 4.69) is 5.10 Å². The van der Waals surface area contributed by atoms with E-state index in [1.54, 1.807) is 17.8 Å². The van der Waals surface area contributed by atoms with E-state index >= 15 is 0 Å². The first-order valence-corrected chi connectivity index (χ1v) is 6.21. The van der Waals surface area contributed by atoms with Crippen LogP contribution in [0.3, 0.4) is 0 Å². The minimum atomic E-state index is -4.37. The zero-order chi connectivity index (χ0) is 14.9. The molecule has 1 aromatic carbocycles. The van der Waals surface area contributed by atoms with E-state index in [1.165, 1.54) is 12.3 Å². The fraction of sp³-hybridized carbons (Fsp3) is 0.357. The van der Waals surface area contributed by atoms with Crippen LogP contribution in [0.15, 0.2) is 30.6 Å². The maximum absolute atomic E-state index is 12.6. The molecule has 0 amide bonds. The van der Waals surface area contributed by atoms with Crippen molar-refractivity contribution in [3.05, 3.63) is 52.8 Å². The zero-order valence-corrected chi connectivity index (χ0v) is 11.1. The summed E-state index contributed by atoms with van der Waals surface area (Å²) in [6.07, 6.45) is -2.15. The van der Waals surface area contributed by atoms with Crippen LogP contribution in [-0.2, 0) is 12.7 Å². The van der Waals surface area contributed by atoms with Gasteiger partial charge in [-0.05, 0) is 37.1 Å². The van der Waals surface area contributed by atoms with Crippen LogP contribution in [0.2, 0.25) is 0 Å². The van der Waals surface area contributed by atoms with Gasteiger partial charge in [0.25, 0.3) is 0 Å². The minimum absolute atomic E-state index is 0.400. The summed E-state index contributed by atoms with van der Waals surface area (Å²) in [4.78, 5) is 0. The zero-order valence-electron chi connectivity index (χ0n) is 11.1. The molecular formula is C14H15F3N2O. The third-order valence-corrected chi connectivity index (χ3v) is 3.18. The highest BCUT2D eigenvalue weighted by Gasteiger charge is 2.31. The van der Waals surface area contributed by atoms with Gasteiger partial charge in [-0.15, -0.1) is 0 Å². The van der Waals surface area contributed by atoms with Gasteiger partial charge in [-0.2, -0.15) is 18.3 Å². The molecule has 0 aliphatic rings. The number of rotatable bonds is 3. The van der Waals surface area contributed by atoms with Crippen molar-refractivity contribution in [1.82, 2.24) is 9.78 Å². The lowest BCUT2D eigenvalue weighted by molar-refractivity contribution is -0.137. The Balaban J connectivity index is 2.33. The van der Waals surface area contributed by atoms with Gasteiger partial charge in [0.15, 0.2) is 0 Å². The first-order chi connectivity index (χ1) is 9.32. The summed E-state index contributed by atoms with van der Waals surface area (Å²) in [5, 5.41) is 14.3. The number of hydrogen-bond donors (Lipinski definition) is 1. The van der Waals surface area contributed by atoms with Crippen LogP contribution in [0.4, 0.5) is 13.2 Å². The van der Waals surface area contributed by atoms with Gasteiger partial charge in [-0.1, -0.05) is 6.07 Å². The Labute approximate surface area is 114 Å². The number of aryl methyl sites for hydroxylation is 2. The summed E-state index contributed by atoms with van der Waals surface area (Å²) < 4.78 is 39.4. The molecule has 108 valence electrons. The smallest absolute Gasteiger partial charge is 0.384 e. The fourth-order valence-corrected chi connectivity index (χ4v) is 2.03. The Kier molecular flexibility index (Phi) is 3.85. The van der Waals surface area contributed by atoms with Crippen molar-refractivity contribution in [2.24, 2.45) is 0 Å². The molecule has 0 saturated carbocycles. The molecule has 20 heavy (non-hydrogen) atoms. The van der Waals surface area contributed by atoms with Crippen LogP contribution in [0, 0.1) is 6.92 Å². The molecule has 0 aliphatic carbocycles. The van der Waals surface area contributed by atoms with Crippen molar-refractivity contribution in [3.8, 4) is 0 Å². The number of alkyl halides is 3. The highest BCUT2D eigenvalue weighted by molar-refractivity contribution is 5.37. The highest BCUT2D eigenvalue weighted by atomic mass is 19.4. The molecule has 1 unspecified atom stereocenters. The summed E-state index contributed by atoms with van der Waals surface area (Å²) >= 11 is 0. The van der Waals surface area contributed by atoms with Gasteiger partial charge in [0, 0.05) is 18.3 Å². The molecule has 1 heterocycles. The second-order valence-corrected chi connectivity index (χ2v) is 4.60. The molecule has 0 bridgehead atoms. The SMILES string of the molecule is CCn1cc(C(O)c2ccc(C(F)(F)F)cc2C)cn1. The van der Waals surface area contributed by atoms with Gasteiger partial charge < -0.3 is 5.11 Å². The van der Waals surface area contributed by atoms with Crippen molar-refractivity contribution < 1.29 is 18.3 Å². The number of benzene rings is 1. The first-order valence-electron chi connectivity index (χ1n) is 6.21. The van der Waals surface area contributed by atoms with E-state index in [0.717, 1.165) is 12.1 Å². The lowest BCUT2D eigenvalue weighted by Gasteiger charge is -2.14. The molecule has 0 fully saturated rings. The Morgan fingerprint density at radius 1 is 1.35 bits per heavy atom. The van der Waals surface area contributed by atoms with Crippen LogP contribution in [0.5, 0.6) is 0 Å². The predicted molar refractivity (Wildman–Crippen MR) is 68.1 cm³/mol. The Bertz CT molecular complexity index is 605. The standard InChI is InChI=1S/C14H15F3N2O/c1-3-19-8-10(7-18-19)13(20)12-5-4-11(6-9(12)2)14(15,16)17/h4-8,13,20H,3H2,1-2H3. The number of halogens is 3. The minimum Gasteiger partial charge on any atom is -0.384 e. The van der Waals surface area contributed by atoms with Gasteiger partial charge >= 0.3 is 6.18 Å². The Morgan fingerprint density at radius 2 is 2.05 bits per heavy atom. The van der Waals surface area contributed by atoms with Crippen molar-refractivity contribution in [1.29, 1.82) is 0 Å². The molecule has 6 heteroatoms. The van der Waals surface area contributed by atoms with E-state index in [9.17, 15) is 18.3 Å². The molecule has 1 atom stereocenters. The first kappa shape index (κ1) is 14.6. The molecule has 0 radical (unpaired) electrons. The van der Waals surface area contributed by atoms with E-state index in [4.69, 9.17) is 0 Å². The van der Waals surface area contributed by atoms with Gasteiger partial charge in [0.2, 0.25) is 0 Å². The van der Waals surface area contributed by atoms with Crippen molar-refractivity contribution in [2.45, 2.75) is 32.7 Å². The molecular weight excluding hydrogens is 269 g/mol. The largest absolute Gasteiger partial charge is 0.416 e. The Hall–Kier alpha value is -1.82. The summed E-state index contributed by atoms with van der Waals surface area (Å²) in [5.74, 6) is 0. The van der Waals surface area contributed by atoms with Gasteiger partial charge in [0.05, 0.1) is 11.8 Å². The summed E-state index contributed by atoms with van der Waals surface area (Å²) in [6, 6.07) is 3.34. The summed E-state index contributed by atoms with van der Waals surface area (Å²) in [5.41, 5.74) is 0.704. The number of nitrogens with zero attached hydrogens (tertiary/aromatic N) is 2. The second-order valence-electron chi connectivity index (χ2n) is 4.60. The normalized spacial score (nSPS) is 13.5. The molecule has 0 saturated heterocycles. The third kappa shape index (κ3) is 2.85. The summed E-state index contributed by atoms with van der Waals surface area (Å²) in [7, 11) is 0. The van der Waals surface area contributed by atoms with E-state index < -0.39 is 17.8 Å². The maximum atomic E-state index is 12.6. The number of aliphatic hydroxyl groups excluding tert-OH is 1. The van der Waals surface area contributed by atoms with Gasteiger partial charge in [-0.25, -0.2) is 0 Å². The molecule has 2 rings (SSSR count). The monoisotopic (exact) mass is 284 g/mol. The maximum Gasteiger partial charge on any atom is 0.416 e. The quantitative estimate of drug-likeness (QED) is 0.939. The average molecular weight is 284 g/mol. The lowest BCUT2D eigenvalue weighted by atomic mass is 9.97. The molecule has 0 aliphatic heterocycles. The molecule has 0 spiro atoms. The average Bonchev–Trinajstić information content (AvgIpc) is 2.85. The topological polar surface area (TPSA) is 38.0 Å². The lowest BCUT2D eigenvalue weighted by Crippen LogP contribution is -2.08. The van der Waals surface area contributed by atoms with E-state index in [-0.39, 0.29) is 0 Å². The third-order valence-electron chi connectivity index (χ3n) is 3.18. The summed E-state index contributed by atoms with van der Waals surface area (Å²) in [6.45, 7) is 4.13. The highest BCUT2D eigenvalue weighted by Crippen LogP contribution is 2.32. The van der Waals surface area contributed by atoms with E-state index in [0.29, 0.717) is 23.2 Å². The molecule has 3 nitrogen and oxygen atoms in total. The Morgan fingerprint density at radius 3 is 2.55 bits per heavy atom. The number of hydrogen-bond acceptors (Lipinski definition) is 2. The van der Waals surface area contributed by atoms with Crippen molar-refractivity contribution in [2.75, 3.05) is 0 Å². The van der Waals surface area contributed by atoms with Crippen molar-refractivity contribution >= 4 is 0 Å².